The first-order chi connectivity index (χ1) is 14.3. The third-order valence-electron chi connectivity index (χ3n) is 4.02. The SMILES string of the molecule is CCOC(=O)c1ccn(-c2ccc(NS(=O)(=O)c3cccc(C(=O)OC)c3)cc2)n1. The topological polar surface area (TPSA) is 117 Å². The zero-order valence-electron chi connectivity index (χ0n) is 16.2. The lowest BCUT2D eigenvalue weighted by Gasteiger charge is -2.10. The molecule has 0 radical (unpaired) electrons. The Kier molecular flexibility index (Phi) is 6.17. The minimum absolute atomic E-state index is 0.0689. The van der Waals surface area contributed by atoms with Crippen LogP contribution in [0, 0.1) is 0 Å². The van der Waals surface area contributed by atoms with E-state index in [-0.39, 0.29) is 22.8 Å². The van der Waals surface area contributed by atoms with Gasteiger partial charge in [-0.1, -0.05) is 6.07 Å². The van der Waals surface area contributed by atoms with Gasteiger partial charge in [-0.3, -0.25) is 4.72 Å². The first-order valence-corrected chi connectivity index (χ1v) is 10.4. The normalized spacial score (nSPS) is 11.0. The first-order valence-electron chi connectivity index (χ1n) is 8.88. The lowest BCUT2D eigenvalue weighted by Crippen LogP contribution is -2.14. The van der Waals surface area contributed by atoms with Crippen molar-refractivity contribution in [2.45, 2.75) is 11.8 Å². The van der Waals surface area contributed by atoms with Gasteiger partial charge in [0, 0.05) is 11.9 Å². The Hall–Kier alpha value is -3.66. The monoisotopic (exact) mass is 429 g/mol. The fourth-order valence-corrected chi connectivity index (χ4v) is 3.69. The number of hydrogen-bond acceptors (Lipinski definition) is 7. The minimum Gasteiger partial charge on any atom is -0.465 e. The molecular formula is C20H19N3O6S. The summed E-state index contributed by atoms with van der Waals surface area (Å²) < 4.78 is 38.7. The molecule has 156 valence electrons. The largest absolute Gasteiger partial charge is 0.465 e. The van der Waals surface area contributed by atoms with E-state index < -0.39 is 22.0 Å². The van der Waals surface area contributed by atoms with Gasteiger partial charge in [-0.25, -0.2) is 22.7 Å². The van der Waals surface area contributed by atoms with Crippen molar-refractivity contribution in [2.24, 2.45) is 0 Å². The van der Waals surface area contributed by atoms with Crippen LogP contribution in [0.3, 0.4) is 0 Å². The summed E-state index contributed by atoms with van der Waals surface area (Å²) in [6.45, 7) is 1.96. The second kappa shape index (κ2) is 8.78. The van der Waals surface area contributed by atoms with Crippen LogP contribution in [-0.4, -0.2) is 43.9 Å². The van der Waals surface area contributed by atoms with Crippen LogP contribution in [0.2, 0.25) is 0 Å². The Morgan fingerprint density at radius 2 is 1.80 bits per heavy atom. The van der Waals surface area contributed by atoms with Gasteiger partial charge in [-0.05, 0) is 55.5 Å². The molecule has 9 nitrogen and oxygen atoms in total. The molecule has 1 heterocycles. The fourth-order valence-electron chi connectivity index (χ4n) is 2.59. The van der Waals surface area contributed by atoms with Crippen LogP contribution in [-0.2, 0) is 19.5 Å². The number of nitrogens with zero attached hydrogens (tertiary/aromatic N) is 2. The smallest absolute Gasteiger partial charge is 0.358 e. The van der Waals surface area contributed by atoms with Gasteiger partial charge < -0.3 is 9.47 Å². The predicted octanol–water partition coefficient (Wildman–Crippen LogP) is 2.64. The third-order valence-corrected chi connectivity index (χ3v) is 5.40. The Morgan fingerprint density at radius 3 is 2.47 bits per heavy atom. The average Bonchev–Trinajstić information content (AvgIpc) is 3.24. The summed E-state index contributed by atoms with van der Waals surface area (Å²) in [5.74, 6) is -1.15. The summed E-state index contributed by atoms with van der Waals surface area (Å²) >= 11 is 0. The van der Waals surface area contributed by atoms with Crippen molar-refractivity contribution in [3.8, 4) is 5.69 Å². The molecule has 0 amide bonds. The number of rotatable bonds is 7. The second-order valence-corrected chi connectivity index (χ2v) is 7.72. The molecule has 30 heavy (non-hydrogen) atoms. The Labute approximate surface area is 173 Å². The summed E-state index contributed by atoms with van der Waals surface area (Å²) in [4.78, 5) is 23.3. The number of benzene rings is 2. The maximum absolute atomic E-state index is 12.6. The highest BCUT2D eigenvalue weighted by atomic mass is 32.2. The van der Waals surface area contributed by atoms with E-state index in [4.69, 9.17) is 4.74 Å². The molecule has 0 saturated carbocycles. The van der Waals surface area contributed by atoms with Crippen molar-refractivity contribution in [3.05, 3.63) is 72.1 Å². The highest BCUT2D eigenvalue weighted by Gasteiger charge is 2.17. The number of hydrogen-bond donors (Lipinski definition) is 1. The molecule has 2 aromatic carbocycles. The number of carbonyl (C=O) groups is 2. The third kappa shape index (κ3) is 4.66. The van der Waals surface area contributed by atoms with Gasteiger partial charge in [0.25, 0.3) is 10.0 Å². The summed E-state index contributed by atoms with van der Waals surface area (Å²) in [7, 11) is -2.69. The summed E-state index contributed by atoms with van der Waals surface area (Å²) in [5, 5.41) is 4.14. The van der Waals surface area contributed by atoms with Gasteiger partial charge in [0.2, 0.25) is 0 Å². The van der Waals surface area contributed by atoms with Crippen LogP contribution in [0.1, 0.15) is 27.8 Å². The number of esters is 2. The maximum atomic E-state index is 12.6. The molecule has 0 spiro atoms. The van der Waals surface area contributed by atoms with Crippen molar-refractivity contribution in [1.82, 2.24) is 9.78 Å². The maximum Gasteiger partial charge on any atom is 0.358 e. The molecular weight excluding hydrogens is 410 g/mol. The average molecular weight is 429 g/mol. The highest BCUT2D eigenvalue weighted by molar-refractivity contribution is 7.92. The van der Waals surface area contributed by atoms with E-state index >= 15 is 0 Å². The van der Waals surface area contributed by atoms with Gasteiger partial charge in [-0.15, -0.1) is 0 Å². The van der Waals surface area contributed by atoms with E-state index in [1.807, 2.05) is 0 Å². The molecule has 3 rings (SSSR count). The van der Waals surface area contributed by atoms with E-state index in [0.717, 1.165) is 0 Å². The summed E-state index contributed by atoms with van der Waals surface area (Å²) in [5.41, 5.74) is 1.25. The van der Waals surface area contributed by atoms with E-state index in [2.05, 4.69) is 14.6 Å². The number of nitrogens with one attached hydrogen (secondary N) is 1. The lowest BCUT2D eigenvalue weighted by atomic mass is 10.2. The van der Waals surface area contributed by atoms with Gasteiger partial charge >= 0.3 is 11.9 Å². The van der Waals surface area contributed by atoms with Crippen LogP contribution in [0.4, 0.5) is 5.69 Å². The molecule has 1 aromatic heterocycles. The zero-order chi connectivity index (χ0) is 21.7. The molecule has 0 atom stereocenters. The van der Waals surface area contributed by atoms with E-state index in [1.54, 1.807) is 37.4 Å². The molecule has 0 unspecified atom stereocenters. The standard InChI is InChI=1S/C20H19N3O6S/c1-3-29-20(25)18-11-12-23(21-18)16-9-7-15(8-10-16)22-30(26,27)17-6-4-5-14(13-17)19(24)28-2/h4-13,22H,3H2,1-2H3. The van der Waals surface area contributed by atoms with E-state index in [9.17, 15) is 18.0 Å². The molecule has 1 N–H and O–H groups in total. The predicted molar refractivity (Wildman–Crippen MR) is 108 cm³/mol. The number of carbonyl (C=O) groups excluding carboxylic acids is 2. The molecule has 10 heteroatoms. The van der Waals surface area contributed by atoms with Gasteiger partial charge in [-0.2, -0.15) is 5.10 Å². The van der Waals surface area contributed by atoms with Crippen LogP contribution in [0.5, 0.6) is 0 Å². The molecule has 3 aromatic rings. The van der Waals surface area contributed by atoms with Crippen molar-refractivity contribution in [3.63, 3.8) is 0 Å². The van der Waals surface area contributed by atoms with Gasteiger partial charge in [0.1, 0.15) is 0 Å². The van der Waals surface area contributed by atoms with Gasteiger partial charge in [0.05, 0.1) is 29.9 Å². The van der Waals surface area contributed by atoms with Crippen molar-refractivity contribution in [1.29, 1.82) is 0 Å². The van der Waals surface area contributed by atoms with Crippen LogP contribution in [0.25, 0.3) is 5.69 Å². The second-order valence-electron chi connectivity index (χ2n) is 6.04. The quantitative estimate of drug-likeness (QED) is 0.574. The van der Waals surface area contributed by atoms with Crippen LogP contribution < -0.4 is 4.72 Å². The summed E-state index contributed by atoms with van der Waals surface area (Å²) in [6.07, 6.45) is 1.60. The lowest BCUT2D eigenvalue weighted by molar-refractivity contribution is 0.0518. The van der Waals surface area contributed by atoms with Crippen molar-refractivity contribution < 1.29 is 27.5 Å². The number of anilines is 1. The van der Waals surface area contributed by atoms with Crippen molar-refractivity contribution >= 4 is 27.6 Å². The number of sulfonamides is 1. The first kappa shape index (κ1) is 21.1. The fraction of sp³-hybridized carbons (Fsp3) is 0.150. The molecule has 0 aliphatic rings. The number of aromatic nitrogens is 2. The summed E-state index contributed by atoms with van der Waals surface area (Å²) in [6, 6.07) is 13.5. The van der Waals surface area contributed by atoms with E-state index in [1.165, 1.54) is 42.1 Å². The van der Waals surface area contributed by atoms with Crippen LogP contribution in [0.15, 0.2) is 65.7 Å². The molecule has 0 bridgehead atoms. The van der Waals surface area contributed by atoms with Crippen molar-refractivity contribution in [2.75, 3.05) is 18.4 Å². The minimum atomic E-state index is -3.91. The Morgan fingerprint density at radius 1 is 1.07 bits per heavy atom. The molecule has 0 fully saturated rings. The molecule has 0 aliphatic carbocycles. The zero-order valence-corrected chi connectivity index (χ0v) is 17.0. The van der Waals surface area contributed by atoms with E-state index in [0.29, 0.717) is 11.4 Å². The highest BCUT2D eigenvalue weighted by Crippen LogP contribution is 2.19. The number of methoxy groups -OCH3 is 1. The number of ether oxygens (including phenoxy) is 2. The Balaban J connectivity index is 1.77. The molecule has 0 aliphatic heterocycles. The molecule has 0 saturated heterocycles. The Bertz CT molecular complexity index is 1170. The van der Waals surface area contributed by atoms with Crippen LogP contribution >= 0.6 is 0 Å². The van der Waals surface area contributed by atoms with Gasteiger partial charge in [0.15, 0.2) is 5.69 Å².